The highest BCUT2D eigenvalue weighted by atomic mass is 32.1. The molecule has 96 valence electrons. The van der Waals surface area contributed by atoms with E-state index in [-0.39, 0.29) is 6.04 Å². The molecule has 1 saturated carbocycles. The summed E-state index contributed by atoms with van der Waals surface area (Å²) in [5, 5.41) is 1.17. The van der Waals surface area contributed by atoms with Crippen LogP contribution < -0.4 is 5.73 Å². The number of aromatic nitrogens is 1. The molecule has 1 aliphatic rings. The lowest BCUT2D eigenvalue weighted by Gasteiger charge is -2.30. The Balaban J connectivity index is 2.09. The van der Waals surface area contributed by atoms with E-state index < -0.39 is 0 Å². The molecule has 0 spiro atoms. The molecule has 3 heteroatoms. The first-order chi connectivity index (χ1) is 8.11. The van der Waals surface area contributed by atoms with E-state index in [0.29, 0.717) is 5.92 Å². The second-order valence-corrected chi connectivity index (χ2v) is 6.70. The van der Waals surface area contributed by atoms with Gasteiger partial charge in [-0.2, -0.15) is 0 Å². The van der Waals surface area contributed by atoms with Crippen molar-refractivity contribution in [2.45, 2.75) is 58.9 Å². The first-order valence-electron chi connectivity index (χ1n) is 6.83. The van der Waals surface area contributed by atoms with Crippen LogP contribution in [0.15, 0.2) is 0 Å². The average molecular weight is 252 g/mol. The normalized spacial score (nSPS) is 27.1. The van der Waals surface area contributed by atoms with Gasteiger partial charge < -0.3 is 5.73 Å². The Morgan fingerprint density at radius 3 is 2.82 bits per heavy atom. The van der Waals surface area contributed by atoms with E-state index in [2.05, 4.69) is 20.8 Å². The summed E-state index contributed by atoms with van der Waals surface area (Å²) in [6.07, 6.45) is 6.30. The maximum absolute atomic E-state index is 6.42. The highest BCUT2D eigenvalue weighted by molar-refractivity contribution is 7.11. The number of hydrogen-bond donors (Lipinski definition) is 1. The van der Waals surface area contributed by atoms with Crippen molar-refractivity contribution in [1.82, 2.24) is 4.98 Å². The van der Waals surface area contributed by atoms with Gasteiger partial charge in [-0.3, -0.25) is 0 Å². The molecule has 0 radical (unpaired) electrons. The van der Waals surface area contributed by atoms with E-state index in [1.165, 1.54) is 41.3 Å². The van der Waals surface area contributed by atoms with Crippen molar-refractivity contribution in [3.8, 4) is 0 Å². The van der Waals surface area contributed by atoms with Crippen LogP contribution in [0, 0.1) is 18.8 Å². The van der Waals surface area contributed by atoms with Crippen LogP contribution in [0.3, 0.4) is 0 Å². The third kappa shape index (κ3) is 2.89. The zero-order chi connectivity index (χ0) is 12.4. The fourth-order valence-electron chi connectivity index (χ4n) is 2.93. The molecule has 17 heavy (non-hydrogen) atoms. The predicted octanol–water partition coefficient (Wildman–Crippen LogP) is 3.84. The van der Waals surface area contributed by atoms with Crippen LogP contribution in [-0.4, -0.2) is 4.98 Å². The number of hydrogen-bond acceptors (Lipinski definition) is 3. The van der Waals surface area contributed by atoms with Crippen LogP contribution in [0.4, 0.5) is 0 Å². The molecule has 2 rings (SSSR count). The quantitative estimate of drug-likeness (QED) is 0.887. The molecule has 0 saturated heterocycles. The minimum atomic E-state index is 0.168. The lowest BCUT2D eigenvalue weighted by atomic mass is 9.79. The summed E-state index contributed by atoms with van der Waals surface area (Å²) < 4.78 is 0. The maximum atomic E-state index is 6.42. The number of nitrogens with two attached hydrogens (primary N) is 1. The second-order valence-electron chi connectivity index (χ2n) is 5.47. The van der Waals surface area contributed by atoms with Gasteiger partial charge in [-0.1, -0.05) is 26.7 Å². The summed E-state index contributed by atoms with van der Waals surface area (Å²) in [6, 6.07) is 0.168. The summed E-state index contributed by atoms with van der Waals surface area (Å²) in [6.45, 7) is 6.68. The fourth-order valence-corrected chi connectivity index (χ4v) is 4.04. The van der Waals surface area contributed by atoms with Crippen molar-refractivity contribution in [3.63, 3.8) is 0 Å². The van der Waals surface area contributed by atoms with Crippen molar-refractivity contribution in [2.24, 2.45) is 17.6 Å². The van der Waals surface area contributed by atoms with Crippen molar-refractivity contribution in [2.75, 3.05) is 0 Å². The minimum Gasteiger partial charge on any atom is -0.322 e. The Labute approximate surface area is 109 Å². The Hall–Kier alpha value is -0.410. The van der Waals surface area contributed by atoms with Crippen molar-refractivity contribution >= 4 is 11.3 Å². The van der Waals surface area contributed by atoms with Crippen LogP contribution in [0.5, 0.6) is 0 Å². The van der Waals surface area contributed by atoms with Gasteiger partial charge in [-0.25, -0.2) is 4.98 Å². The van der Waals surface area contributed by atoms with E-state index in [4.69, 9.17) is 10.7 Å². The van der Waals surface area contributed by atoms with Gasteiger partial charge in [0.05, 0.1) is 11.7 Å². The Bertz CT molecular complexity index is 372. The van der Waals surface area contributed by atoms with Gasteiger partial charge in [0, 0.05) is 4.88 Å². The van der Waals surface area contributed by atoms with Gasteiger partial charge in [0.1, 0.15) is 5.01 Å². The van der Waals surface area contributed by atoms with Crippen molar-refractivity contribution in [3.05, 3.63) is 15.6 Å². The van der Waals surface area contributed by atoms with Crippen LogP contribution in [0.2, 0.25) is 0 Å². The standard InChI is InChI=1S/C14H24N2S/c1-4-12-10(3)17-14(16-12)13(15)11-7-5-6-9(2)8-11/h9,11,13H,4-8,15H2,1-3H3. The van der Waals surface area contributed by atoms with Crippen LogP contribution in [-0.2, 0) is 6.42 Å². The molecule has 2 N–H and O–H groups in total. The highest BCUT2D eigenvalue weighted by Gasteiger charge is 2.27. The maximum Gasteiger partial charge on any atom is 0.110 e. The fraction of sp³-hybridized carbons (Fsp3) is 0.786. The molecule has 3 atom stereocenters. The summed E-state index contributed by atoms with van der Waals surface area (Å²) in [5.74, 6) is 1.49. The molecular formula is C14H24N2S. The molecule has 0 aliphatic heterocycles. The third-order valence-corrected chi connectivity index (χ3v) is 5.13. The summed E-state index contributed by atoms with van der Waals surface area (Å²) in [7, 11) is 0. The number of nitrogens with zero attached hydrogens (tertiary/aromatic N) is 1. The molecular weight excluding hydrogens is 228 g/mol. The first-order valence-corrected chi connectivity index (χ1v) is 7.65. The van der Waals surface area contributed by atoms with E-state index in [1.54, 1.807) is 11.3 Å². The summed E-state index contributed by atoms with van der Waals surface area (Å²) in [4.78, 5) is 6.07. The third-order valence-electron chi connectivity index (χ3n) is 4.01. The number of thiazole rings is 1. The van der Waals surface area contributed by atoms with Crippen molar-refractivity contribution < 1.29 is 0 Å². The van der Waals surface area contributed by atoms with Gasteiger partial charge in [0.2, 0.25) is 0 Å². The molecule has 0 bridgehead atoms. The Morgan fingerprint density at radius 2 is 2.24 bits per heavy atom. The van der Waals surface area contributed by atoms with Gasteiger partial charge in [-0.15, -0.1) is 11.3 Å². The largest absolute Gasteiger partial charge is 0.322 e. The highest BCUT2D eigenvalue weighted by Crippen LogP contribution is 2.37. The van der Waals surface area contributed by atoms with Crippen LogP contribution in [0.25, 0.3) is 0 Å². The summed E-state index contributed by atoms with van der Waals surface area (Å²) >= 11 is 1.81. The first kappa shape index (κ1) is 13.0. The molecule has 2 nitrogen and oxygen atoms in total. The molecule has 3 unspecified atom stereocenters. The molecule has 1 aromatic rings. The monoisotopic (exact) mass is 252 g/mol. The van der Waals surface area contributed by atoms with Gasteiger partial charge in [0.15, 0.2) is 0 Å². The summed E-state index contributed by atoms with van der Waals surface area (Å²) in [5.41, 5.74) is 7.66. The average Bonchev–Trinajstić information content (AvgIpc) is 2.69. The number of rotatable bonds is 3. The smallest absolute Gasteiger partial charge is 0.110 e. The van der Waals surface area contributed by atoms with E-state index >= 15 is 0 Å². The lowest BCUT2D eigenvalue weighted by molar-refractivity contribution is 0.247. The SMILES string of the molecule is CCc1nc(C(N)C2CCCC(C)C2)sc1C. The van der Waals surface area contributed by atoms with Crippen LogP contribution >= 0.6 is 11.3 Å². The lowest BCUT2D eigenvalue weighted by Crippen LogP contribution is -2.26. The molecule has 1 fully saturated rings. The second kappa shape index (κ2) is 5.49. The molecule has 1 aliphatic carbocycles. The van der Waals surface area contributed by atoms with E-state index in [9.17, 15) is 0 Å². The van der Waals surface area contributed by atoms with Gasteiger partial charge in [0.25, 0.3) is 0 Å². The van der Waals surface area contributed by atoms with Crippen molar-refractivity contribution in [1.29, 1.82) is 0 Å². The topological polar surface area (TPSA) is 38.9 Å². The van der Waals surface area contributed by atoms with Crippen LogP contribution in [0.1, 0.15) is 61.2 Å². The Kier molecular flexibility index (Phi) is 4.21. The Morgan fingerprint density at radius 1 is 1.47 bits per heavy atom. The zero-order valence-corrected chi connectivity index (χ0v) is 12.0. The minimum absolute atomic E-state index is 0.168. The predicted molar refractivity (Wildman–Crippen MR) is 74.3 cm³/mol. The van der Waals surface area contributed by atoms with E-state index in [0.717, 1.165) is 12.3 Å². The van der Waals surface area contributed by atoms with E-state index in [1.807, 2.05) is 0 Å². The molecule has 0 aromatic carbocycles. The van der Waals surface area contributed by atoms with Gasteiger partial charge >= 0.3 is 0 Å². The molecule has 1 aromatic heterocycles. The molecule has 1 heterocycles. The molecule has 0 amide bonds. The number of aryl methyl sites for hydroxylation is 2. The van der Waals surface area contributed by atoms with Gasteiger partial charge in [-0.05, 0) is 38.0 Å². The zero-order valence-electron chi connectivity index (χ0n) is 11.2.